The molecule has 2 N–H and O–H groups in total. The lowest BCUT2D eigenvalue weighted by Gasteiger charge is -2.12. The maximum Gasteiger partial charge on any atom is 0.326 e. The van der Waals surface area contributed by atoms with Crippen LogP contribution in [0.3, 0.4) is 0 Å². The van der Waals surface area contributed by atoms with E-state index in [0.717, 1.165) is 12.8 Å². The molecule has 4 nitrogen and oxygen atoms in total. The summed E-state index contributed by atoms with van der Waals surface area (Å²) in [7, 11) is 0. The van der Waals surface area contributed by atoms with E-state index < -0.39 is 12.0 Å². The van der Waals surface area contributed by atoms with Crippen LogP contribution >= 0.6 is 0 Å². The van der Waals surface area contributed by atoms with Gasteiger partial charge in [-0.3, -0.25) is 4.79 Å². The van der Waals surface area contributed by atoms with Gasteiger partial charge in [0.05, 0.1) is 0 Å². The third kappa shape index (κ3) is 3.20. The molecule has 0 bridgehead atoms. The molecule has 4 heteroatoms. The van der Waals surface area contributed by atoms with Gasteiger partial charge in [-0.1, -0.05) is 6.08 Å². The lowest BCUT2D eigenvalue weighted by Crippen LogP contribution is -2.42. The van der Waals surface area contributed by atoms with E-state index in [0.29, 0.717) is 12.8 Å². The Hall–Kier alpha value is -1.32. The first-order valence-corrected chi connectivity index (χ1v) is 4.78. The quantitative estimate of drug-likeness (QED) is 0.622. The van der Waals surface area contributed by atoms with Crippen molar-refractivity contribution >= 4 is 11.9 Å². The molecule has 1 unspecified atom stereocenters. The van der Waals surface area contributed by atoms with Crippen molar-refractivity contribution in [2.24, 2.45) is 5.92 Å². The van der Waals surface area contributed by atoms with Crippen molar-refractivity contribution in [2.75, 3.05) is 0 Å². The molecule has 0 heterocycles. The van der Waals surface area contributed by atoms with E-state index in [4.69, 9.17) is 5.11 Å². The van der Waals surface area contributed by atoms with E-state index in [1.54, 1.807) is 6.08 Å². The van der Waals surface area contributed by atoms with Crippen LogP contribution in [0, 0.1) is 5.92 Å². The summed E-state index contributed by atoms with van der Waals surface area (Å²) in [5, 5.41) is 11.4. The topological polar surface area (TPSA) is 66.4 Å². The highest BCUT2D eigenvalue weighted by Gasteiger charge is 2.36. The van der Waals surface area contributed by atoms with Gasteiger partial charge in [-0.25, -0.2) is 4.79 Å². The summed E-state index contributed by atoms with van der Waals surface area (Å²) in [6.45, 7) is 3.50. The smallest absolute Gasteiger partial charge is 0.326 e. The molecule has 0 aromatic carbocycles. The first-order valence-electron chi connectivity index (χ1n) is 4.78. The van der Waals surface area contributed by atoms with Gasteiger partial charge >= 0.3 is 5.97 Å². The number of aliphatic carboxylic acids is 1. The van der Waals surface area contributed by atoms with Crippen LogP contribution in [-0.2, 0) is 9.59 Å². The summed E-state index contributed by atoms with van der Waals surface area (Å²) < 4.78 is 0. The van der Waals surface area contributed by atoms with Gasteiger partial charge < -0.3 is 10.4 Å². The zero-order valence-corrected chi connectivity index (χ0v) is 8.03. The zero-order chi connectivity index (χ0) is 10.6. The minimum Gasteiger partial charge on any atom is -0.480 e. The van der Waals surface area contributed by atoms with Gasteiger partial charge in [-0.05, 0) is 25.2 Å². The summed E-state index contributed by atoms with van der Waals surface area (Å²) in [5.74, 6) is -0.996. The first-order chi connectivity index (χ1) is 6.65. The normalized spacial score (nSPS) is 17.1. The number of nitrogens with one attached hydrogen (secondary N) is 1. The van der Waals surface area contributed by atoms with Gasteiger partial charge in [0.15, 0.2) is 0 Å². The molecule has 14 heavy (non-hydrogen) atoms. The Bertz CT molecular complexity index is 246. The van der Waals surface area contributed by atoms with Crippen LogP contribution in [0.4, 0.5) is 0 Å². The van der Waals surface area contributed by atoms with E-state index in [1.807, 2.05) is 0 Å². The molecule has 1 saturated carbocycles. The Labute approximate surface area is 83.0 Å². The Balaban J connectivity index is 2.34. The van der Waals surface area contributed by atoms with E-state index in [-0.39, 0.29) is 11.8 Å². The van der Waals surface area contributed by atoms with E-state index in [1.165, 1.54) is 0 Å². The Morgan fingerprint density at radius 3 is 2.64 bits per heavy atom. The van der Waals surface area contributed by atoms with E-state index in [2.05, 4.69) is 11.9 Å². The van der Waals surface area contributed by atoms with Crippen molar-refractivity contribution in [3.63, 3.8) is 0 Å². The summed E-state index contributed by atoms with van der Waals surface area (Å²) in [6, 6.07) is -0.688. The molecule has 0 aromatic heterocycles. The molecule has 0 spiro atoms. The summed E-state index contributed by atoms with van der Waals surface area (Å²) >= 11 is 0. The van der Waals surface area contributed by atoms with Crippen LogP contribution in [0.2, 0.25) is 0 Å². The lowest BCUT2D eigenvalue weighted by atomic mass is 10.2. The first kappa shape index (κ1) is 10.8. The number of allylic oxidation sites excluding steroid dienone is 1. The SMILES string of the molecule is C=CCCC(=O)NC(C(=O)O)C1CC1. The maximum atomic E-state index is 11.2. The summed E-state index contributed by atoms with van der Waals surface area (Å²) in [5.41, 5.74) is 0. The van der Waals surface area contributed by atoms with Gasteiger partial charge in [0.25, 0.3) is 0 Å². The van der Waals surface area contributed by atoms with Crippen molar-refractivity contribution in [1.82, 2.24) is 5.32 Å². The van der Waals surface area contributed by atoms with E-state index >= 15 is 0 Å². The molecular weight excluding hydrogens is 182 g/mol. The van der Waals surface area contributed by atoms with Crippen LogP contribution in [0.1, 0.15) is 25.7 Å². The van der Waals surface area contributed by atoms with Gasteiger partial charge in [-0.15, -0.1) is 6.58 Å². The summed E-state index contributed by atoms with van der Waals surface area (Å²) in [4.78, 5) is 22.0. The molecule has 1 atom stereocenters. The minimum absolute atomic E-state index is 0.139. The molecule has 1 amide bonds. The van der Waals surface area contributed by atoms with Gasteiger partial charge in [0.1, 0.15) is 6.04 Å². The second-order valence-corrected chi connectivity index (χ2v) is 3.55. The summed E-state index contributed by atoms with van der Waals surface area (Å²) in [6.07, 6.45) is 4.35. The largest absolute Gasteiger partial charge is 0.480 e. The average Bonchev–Trinajstić information content (AvgIpc) is 2.93. The van der Waals surface area contributed by atoms with Crippen molar-refractivity contribution in [3.8, 4) is 0 Å². The molecule has 1 aliphatic rings. The molecule has 0 aromatic rings. The van der Waals surface area contributed by atoms with Crippen molar-refractivity contribution in [2.45, 2.75) is 31.7 Å². The van der Waals surface area contributed by atoms with Gasteiger partial charge in [0, 0.05) is 6.42 Å². The van der Waals surface area contributed by atoms with Crippen LogP contribution in [-0.4, -0.2) is 23.0 Å². The monoisotopic (exact) mass is 197 g/mol. The number of carboxylic acids is 1. The highest BCUT2D eigenvalue weighted by Crippen LogP contribution is 2.32. The van der Waals surface area contributed by atoms with Gasteiger partial charge in [-0.2, -0.15) is 0 Å². The van der Waals surface area contributed by atoms with Crippen LogP contribution in [0.5, 0.6) is 0 Å². The highest BCUT2D eigenvalue weighted by atomic mass is 16.4. The van der Waals surface area contributed by atoms with Crippen LogP contribution in [0.25, 0.3) is 0 Å². The fourth-order valence-electron chi connectivity index (χ4n) is 1.29. The second kappa shape index (κ2) is 4.79. The fourth-order valence-corrected chi connectivity index (χ4v) is 1.29. The molecule has 1 rings (SSSR count). The molecule has 0 radical (unpaired) electrons. The fraction of sp³-hybridized carbons (Fsp3) is 0.600. The number of rotatable bonds is 6. The maximum absolute atomic E-state index is 11.2. The average molecular weight is 197 g/mol. The Kier molecular flexibility index (Phi) is 3.68. The van der Waals surface area contributed by atoms with E-state index in [9.17, 15) is 9.59 Å². The van der Waals surface area contributed by atoms with Crippen molar-refractivity contribution in [3.05, 3.63) is 12.7 Å². The third-order valence-electron chi connectivity index (χ3n) is 2.25. The van der Waals surface area contributed by atoms with Crippen molar-refractivity contribution < 1.29 is 14.7 Å². The molecule has 1 aliphatic carbocycles. The predicted octanol–water partition coefficient (Wildman–Crippen LogP) is 0.932. The third-order valence-corrected chi connectivity index (χ3v) is 2.25. The molecule has 0 aliphatic heterocycles. The number of carbonyl (C=O) groups is 2. The standard InChI is InChI=1S/C10H15NO3/c1-2-3-4-8(12)11-9(10(13)14)7-5-6-7/h2,7,9H,1,3-6H2,(H,11,12)(H,13,14). The van der Waals surface area contributed by atoms with Crippen LogP contribution in [0.15, 0.2) is 12.7 Å². The Morgan fingerprint density at radius 1 is 1.57 bits per heavy atom. The zero-order valence-electron chi connectivity index (χ0n) is 8.03. The number of carboxylic acid groups (broad SMARTS) is 1. The minimum atomic E-state index is -0.931. The molecule has 78 valence electrons. The highest BCUT2D eigenvalue weighted by molar-refractivity contribution is 5.84. The number of hydrogen-bond acceptors (Lipinski definition) is 2. The van der Waals surface area contributed by atoms with Crippen molar-refractivity contribution in [1.29, 1.82) is 0 Å². The van der Waals surface area contributed by atoms with Gasteiger partial charge in [0.2, 0.25) is 5.91 Å². The predicted molar refractivity (Wildman–Crippen MR) is 51.7 cm³/mol. The molecular formula is C10H15NO3. The second-order valence-electron chi connectivity index (χ2n) is 3.55. The number of hydrogen-bond donors (Lipinski definition) is 2. The van der Waals surface area contributed by atoms with Crippen LogP contribution < -0.4 is 5.32 Å². The lowest BCUT2D eigenvalue weighted by molar-refractivity contribution is -0.142. The number of carbonyl (C=O) groups excluding carboxylic acids is 1. The molecule has 1 fully saturated rings. The number of amides is 1. The Morgan fingerprint density at radius 2 is 2.21 bits per heavy atom. The molecule has 0 saturated heterocycles.